The van der Waals surface area contributed by atoms with Gasteiger partial charge in [-0.2, -0.15) is 0 Å². The summed E-state index contributed by atoms with van der Waals surface area (Å²) in [5.41, 5.74) is 1.37. The fraction of sp³-hybridized carbons (Fsp3) is 0.500. The number of anilines is 1. The second-order valence-corrected chi connectivity index (χ2v) is 4.82. The number of aliphatic hydroxyl groups excluding tert-OH is 2. The van der Waals surface area contributed by atoms with E-state index < -0.39 is 5.41 Å². The second kappa shape index (κ2) is 5.53. The predicted octanol–water partition coefficient (Wildman–Crippen LogP) is 2.05. The third kappa shape index (κ3) is 3.11. The Balaban J connectivity index is 2.75. The van der Waals surface area contributed by atoms with Crippen molar-refractivity contribution in [2.45, 2.75) is 13.8 Å². The molecule has 0 fully saturated rings. The SMILES string of the molecule is Cc1cccc(Cl)c1NCC(C)(CO)CO. The smallest absolute Gasteiger partial charge is 0.0640 e. The summed E-state index contributed by atoms with van der Waals surface area (Å²) in [6.45, 7) is 4.11. The minimum Gasteiger partial charge on any atom is -0.396 e. The standard InChI is InChI=1S/C12H18ClNO2/c1-9-4-3-5-10(13)11(9)14-6-12(2,7-15)8-16/h3-5,14-16H,6-8H2,1-2H3. The second-order valence-electron chi connectivity index (χ2n) is 4.41. The zero-order valence-corrected chi connectivity index (χ0v) is 10.4. The van der Waals surface area contributed by atoms with E-state index in [1.807, 2.05) is 32.0 Å². The maximum atomic E-state index is 9.17. The Labute approximate surface area is 101 Å². The van der Waals surface area contributed by atoms with E-state index in [-0.39, 0.29) is 13.2 Å². The Bertz CT molecular complexity index is 331. The molecule has 3 nitrogen and oxygen atoms in total. The quantitative estimate of drug-likeness (QED) is 0.742. The van der Waals surface area contributed by atoms with E-state index in [9.17, 15) is 0 Å². The van der Waals surface area contributed by atoms with Crippen molar-refractivity contribution in [3.63, 3.8) is 0 Å². The maximum Gasteiger partial charge on any atom is 0.0640 e. The number of hydrogen-bond acceptors (Lipinski definition) is 3. The summed E-state index contributed by atoms with van der Waals surface area (Å²) in [6, 6.07) is 5.66. The lowest BCUT2D eigenvalue weighted by atomic mass is 9.93. The molecule has 1 aromatic rings. The first-order valence-electron chi connectivity index (χ1n) is 5.23. The average molecular weight is 244 g/mol. The van der Waals surface area contributed by atoms with Crippen molar-refractivity contribution in [1.82, 2.24) is 0 Å². The minimum absolute atomic E-state index is 0.0694. The highest BCUT2D eigenvalue weighted by atomic mass is 35.5. The largest absolute Gasteiger partial charge is 0.396 e. The van der Waals surface area contributed by atoms with Crippen LogP contribution in [-0.4, -0.2) is 30.0 Å². The number of para-hydroxylation sites is 1. The summed E-state index contributed by atoms with van der Waals surface area (Å²) >= 11 is 6.06. The van der Waals surface area contributed by atoms with Crippen molar-refractivity contribution in [3.05, 3.63) is 28.8 Å². The molecular weight excluding hydrogens is 226 g/mol. The molecule has 1 rings (SSSR count). The highest BCUT2D eigenvalue weighted by Gasteiger charge is 2.22. The molecule has 0 heterocycles. The van der Waals surface area contributed by atoms with Crippen molar-refractivity contribution in [3.8, 4) is 0 Å². The number of halogens is 1. The highest BCUT2D eigenvalue weighted by Crippen LogP contribution is 2.26. The molecule has 0 aromatic heterocycles. The van der Waals surface area contributed by atoms with Gasteiger partial charge in [0, 0.05) is 12.0 Å². The maximum absolute atomic E-state index is 9.17. The van der Waals surface area contributed by atoms with Gasteiger partial charge in [-0.1, -0.05) is 30.7 Å². The van der Waals surface area contributed by atoms with Crippen LogP contribution in [0.15, 0.2) is 18.2 Å². The monoisotopic (exact) mass is 243 g/mol. The van der Waals surface area contributed by atoms with Gasteiger partial charge in [0.2, 0.25) is 0 Å². The van der Waals surface area contributed by atoms with E-state index in [0.717, 1.165) is 11.3 Å². The van der Waals surface area contributed by atoms with Gasteiger partial charge in [-0.05, 0) is 18.6 Å². The van der Waals surface area contributed by atoms with Gasteiger partial charge < -0.3 is 15.5 Å². The summed E-state index contributed by atoms with van der Waals surface area (Å²) in [6.07, 6.45) is 0. The molecule has 0 aliphatic rings. The van der Waals surface area contributed by atoms with Gasteiger partial charge in [-0.15, -0.1) is 0 Å². The normalized spacial score (nSPS) is 11.6. The minimum atomic E-state index is -0.536. The lowest BCUT2D eigenvalue weighted by molar-refractivity contribution is 0.0806. The molecule has 16 heavy (non-hydrogen) atoms. The van der Waals surface area contributed by atoms with Gasteiger partial charge in [0.25, 0.3) is 0 Å². The van der Waals surface area contributed by atoms with Crippen molar-refractivity contribution < 1.29 is 10.2 Å². The lowest BCUT2D eigenvalue weighted by Gasteiger charge is -2.26. The Morgan fingerprint density at radius 1 is 1.31 bits per heavy atom. The molecule has 0 aliphatic heterocycles. The van der Waals surface area contributed by atoms with Crippen LogP contribution in [0.4, 0.5) is 5.69 Å². The van der Waals surface area contributed by atoms with Gasteiger partial charge in [0.1, 0.15) is 0 Å². The van der Waals surface area contributed by atoms with Crippen LogP contribution in [0.5, 0.6) is 0 Å². The topological polar surface area (TPSA) is 52.5 Å². The molecule has 4 heteroatoms. The van der Waals surface area contributed by atoms with E-state index in [1.54, 1.807) is 0 Å². The Hall–Kier alpha value is -0.770. The van der Waals surface area contributed by atoms with Crippen molar-refractivity contribution in [2.24, 2.45) is 5.41 Å². The number of benzene rings is 1. The van der Waals surface area contributed by atoms with E-state index in [4.69, 9.17) is 21.8 Å². The summed E-state index contributed by atoms with van der Waals surface area (Å²) in [5.74, 6) is 0. The average Bonchev–Trinajstić information content (AvgIpc) is 2.28. The fourth-order valence-electron chi connectivity index (χ4n) is 1.32. The van der Waals surface area contributed by atoms with Gasteiger partial charge in [0.05, 0.1) is 23.9 Å². The Morgan fingerprint density at radius 2 is 1.94 bits per heavy atom. The van der Waals surface area contributed by atoms with Crippen LogP contribution >= 0.6 is 11.6 Å². The molecule has 1 aromatic carbocycles. The van der Waals surface area contributed by atoms with Crippen LogP contribution in [0.25, 0.3) is 0 Å². The zero-order chi connectivity index (χ0) is 12.2. The van der Waals surface area contributed by atoms with Crippen molar-refractivity contribution in [2.75, 3.05) is 25.1 Å². The van der Waals surface area contributed by atoms with Crippen LogP contribution < -0.4 is 5.32 Å². The zero-order valence-electron chi connectivity index (χ0n) is 9.63. The van der Waals surface area contributed by atoms with Crippen LogP contribution in [0.3, 0.4) is 0 Å². The molecule has 0 atom stereocenters. The third-order valence-electron chi connectivity index (χ3n) is 2.68. The van der Waals surface area contributed by atoms with Crippen molar-refractivity contribution >= 4 is 17.3 Å². The van der Waals surface area contributed by atoms with E-state index >= 15 is 0 Å². The first-order chi connectivity index (χ1) is 7.52. The Kier molecular flexibility index (Phi) is 4.59. The summed E-state index contributed by atoms with van der Waals surface area (Å²) in [5, 5.41) is 22.2. The van der Waals surface area contributed by atoms with Gasteiger partial charge >= 0.3 is 0 Å². The Morgan fingerprint density at radius 3 is 2.44 bits per heavy atom. The van der Waals surface area contributed by atoms with E-state index in [1.165, 1.54) is 0 Å². The van der Waals surface area contributed by atoms with E-state index in [0.29, 0.717) is 11.6 Å². The van der Waals surface area contributed by atoms with Crippen LogP contribution in [0.1, 0.15) is 12.5 Å². The predicted molar refractivity (Wildman–Crippen MR) is 67.0 cm³/mol. The van der Waals surface area contributed by atoms with Crippen molar-refractivity contribution in [1.29, 1.82) is 0 Å². The molecule has 0 unspecified atom stereocenters. The first-order valence-corrected chi connectivity index (χ1v) is 5.61. The molecule has 3 N–H and O–H groups in total. The van der Waals surface area contributed by atoms with Crippen LogP contribution in [0, 0.1) is 12.3 Å². The number of nitrogens with one attached hydrogen (secondary N) is 1. The molecule has 0 radical (unpaired) electrons. The number of hydrogen-bond donors (Lipinski definition) is 3. The van der Waals surface area contributed by atoms with Gasteiger partial charge in [0.15, 0.2) is 0 Å². The fourth-order valence-corrected chi connectivity index (χ4v) is 1.61. The first kappa shape index (κ1) is 13.3. The molecular formula is C12H18ClNO2. The summed E-state index contributed by atoms with van der Waals surface area (Å²) < 4.78 is 0. The molecule has 0 saturated carbocycles. The number of aryl methyl sites for hydroxylation is 1. The molecule has 0 amide bonds. The third-order valence-corrected chi connectivity index (χ3v) is 2.99. The van der Waals surface area contributed by atoms with Crippen LogP contribution in [-0.2, 0) is 0 Å². The molecule has 0 spiro atoms. The summed E-state index contributed by atoms with van der Waals surface area (Å²) in [4.78, 5) is 0. The highest BCUT2D eigenvalue weighted by molar-refractivity contribution is 6.33. The van der Waals surface area contributed by atoms with Gasteiger partial charge in [-0.3, -0.25) is 0 Å². The number of aliphatic hydroxyl groups is 2. The van der Waals surface area contributed by atoms with E-state index in [2.05, 4.69) is 5.32 Å². The van der Waals surface area contributed by atoms with Crippen LogP contribution in [0.2, 0.25) is 5.02 Å². The molecule has 90 valence electrons. The molecule has 0 saturated heterocycles. The molecule has 0 aliphatic carbocycles. The molecule has 0 bridgehead atoms. The number of rotatable bonds is 5. The van der Waals surface area contributed by atoms with Gasteiger partial charge in [-0.25, -0.2) is 0 Å². The lowest BCUT2D eigenvalue weighted by Crippen LogP contribution is -2.34. The summed E-state index contributed by atoms with van der Waals surface area (Å²) in [7, 11) is 0.